The number of carbonyl (C=O) groups excluding carboxylic acids is 1. The zero-order chi connectivity index (χ0) is 20.8. The van der Waals surface area contributed by atoms with Crippen molar-refractivity contribution in [2.24, 2.45) is 29.4 Å². The maximum Gasteiger partial charge on any atom is 0.222 e. The van der Waals surface area contributed by atoms with Crippen molar-refractivity contribution in [3.8, 4) is 0 Å². The van der Waals surface area contributed by atoms with Crippen molar-refractivity contribution >= 4 is 12.1 Å². The normalized spacial score (nSPS) is 37.9. The van der Waals surface area contributed by atoms with Gasteiger partial charge in [0.1, 0.15) is 0 Å². The van der Waals surface area contributed by atoms with E-state index in [1.54, 1.807) is 0 Å². The van der Waals surface area contributed by atoms with Crippen LogP contribution in [0.1, 0.15) is 77.0 Å². The quantitative estimate of drug-likeness (QED) is 0.505. The number of rotatable bonds is 1. The zero-order valence-electron chi connectivity index (χ0n) is 18.6. The Morgan fingerprint density at radius 3 is 2.43 bits per heavy atom. The Bertz CT molecular complexity index is 670. The molecule has 0 aromatic carbocycles. The van der Waals surface area contributed by atoms with Crippen LogP contribution in [0.5, 0.6) is 0 Å². The van der Waals surface area contributed by atoms with Gasteiger partial charge in [-0.15, -0.1) is 10.2 Å². The van der Waals surface area contributed by atoms with E-state index >= 15 is 0 Å². The number of carbonyl (C=O) groups is 1. The van der Waals surface area contributed by atoms with Crippen molar-refractivity contribution in [2.75, 3.05) is 13.1 Å². The summed E-state index contributed by atoms with van der Waals surface area (Å²) in [4.78, 5) is 12.1. The molecule has 1 saturated heterocycles. The smallest absolute Gasteiger partial charge is 0.222 e. The van der Waals surface area contributed by atoms with Crippen molar-refractivity contribution in [1.29, 1.82) is 0 Å². The monoisotopic (exact) mass is 413 g/mol. The molecule has 1 aliphatic carbocycles. The molecule has 0 radical (unpaired) electrons. The third kappa shape index (κ3) is 5.54. The molecule has 30 heavy (non-hydrogen) atoms. The summed E-state index contributed by atoms with van der Waals surface area (Å²) in [5.41, 5.74) is 9.36. The van der Waals surface area contributed by atoms with Gasteiger partial charge in [-0.05, 0) is 37.0 Å². The van der Waals surface area contributed by atoms with Crippen LogP contribution in [0.25, 0.3) is 0 Å². The topological polar surface area (TPSA) is 61.4 Å². The Kier molecular flexibility index (Phi) is 7.64. The Hall–Kier alpha value is -1.62. The van der Waals surface area contributed by atoms with Gasteiger partial charge in [0.2, 0.25) is 5.91 Å². The minimum atomic E-state index is -0.133. The zero-order valence-corrected chi connectivity index (χ0v) is 18.6. The Morgan fingerprint density at radius 1 is 0.867 bits per heavy atom. The highest BCUT2D eigenvalue weighted by Crippen LogP contribution is 2.38. The van der Waals surface area contributed by atoms with Crippen molar-refractivity contribution < 1.29 is 9.48 Å². The number of fused-ring (bicyclic) bond motifs is 4. The maximum atomic E-state index is 12.1. The lowest BCUT2D eigenvalue weighted by Crippen LogP contribution is -2.49. The van der Waals surface area contributed by atoms with E-state index in [4.69, 9.17) is 5.73 Å². The molecule has 4 rings (SSSR count). The van der Waals surface area contributed by atoms with Crippen LogP contribution in [0.3, 0.4) is 0 Å². The standard InChI is InChI=1S/C25H40N4O/c26-25(30)24-19-28-18-22(24)12-5-1-3-10-20-13-9-14-21(20)11-4-2-6-15-23-16-7-8-17-29(23)27-28/h2,6-8,17,20-24,27H,1,3-5,9-16,18-19H2,(H-,26,30)/p+1. The van der Waals surface area contributed by atoms with Gasteiger partial charge in [0.25, 0.3) is 0 Å². The second kappa shape index (κ2) is 10.6. The molecule has 3 N–H and O–H groups in total. The summed E-state index contributed by atoms with van der Waals surface area (Å²) in [7, 11) is 0. The number of hydrogen-bond donors (Lipinski definition) is 2. The number of nitrogens with two attached hydrogens (primary N) is 1. The first-order valence-corrected chi connectivity index (χ1v) is 12.4. The predicted molar refractivity (Wildman–Crippen MR) is 122 cm³/mol. The molecule has 0 spiro atoms. The van der Waals surface area contributed by atoms with Crippen molar-refractivity contribution in [1.82, 2.24) is 10.5 Å². The molecule has 2 bridgehead atoms. The van der Waals surface area contributed by atoms with E-state index in [0.29, 0.717) is 12.0 Å². The highest BCUT2D eigenvalue weighted by molar-refractivity contribution is 5.77. The van der Waals surface area contributed by atoms with E-state index in [2.05, 4.69) is 45.7 Å². The van der Waals surface area contributed by atoms with Crippen LogP contribution in [-0.2, 0) is 4.79 Å². The average Bonchev–Trinajstić information content (AvgIpc) is 3.35. The molecule has 3 heterocycles. The number of hydrogen-bond acceptors (Lipinski definition) is 3. The van der Waals surface area contributed by atoms with Gasteiger partial charge in [0, 0.05) is 32.0 Å². The van der Waals surface area contributed by atoms with Crippen LogP contribution >= 0.6 is 0 Å². The summed E-state index contributed by atoms with van der Waals surface area (Å²) in [6.07, 6.45) is 26.7. The number of nitrogens with zero attached hydrogens (tertiary/aromatic N) is 2. The largest absolute Gasteiger partial charge is 0.369 e. The molecule has 2 fully saturated rings. The molecule has 0 aromatic rings. The van der Waals surface area contributed by atoms with Crippen molar-refractivity contribution in [3.05, 3.63) is 24.3 Å². The van der Waals surface area contributed by atoms with Gasteiger partial charge < -0.3 is 5.73 Å². The minimum Gasteiger partial charge on any atom is -0.369 e. The van der Waals surface area contributed by atoms with Crippen LogP contribution in [0.2, 0.25) is 0 Å². The van der Waals surface area contributed by atoms with E-state index in [9.17, 15) is 4.79 Å². The number of primary amides is 1. The lowest BCUT2D eigenvalue weighted by molar-refractivity contribution is -0.644. The highest BCUT2D eigenvalue weighted by atomic mass is 16.1. The number of amides is 1. The van der Waals surface area contributed by atoms with Gasteiger partial charge >= 0.3 is 0 Å². The van der Waals surface area contributed by atoms with E-state index < -0.39 is 0 Å². The Balaban J connectivity index is 1.44. The predicted octanol–water partition coefficient (Wildman–Crippen LogP) is 3.96. The molecule has 3 aliphatic heterocycles. The number of hydrazine groups is 2. The lowest BCUT2D eigenvalue weighted by atomic mass is 9.86. The van der Waals surface area contributed by atoms with Crippen LogP contribution < -0.4 is 11.3 Å². The van der Waals surface area contributed by atoms with Crippen LogP contribution in [0.15, 0.2) is 24.3 Å². The fraction of sp³-hybridized carbons (Fsp3) is 0.760. The van der Waals surface area contributed by atoms with Gasteiger partial charge in [-0.25, -0.2) is 0 Å². The third-order valence-electron chi connectivity index (χ3n) is 7.99. The lowest BCUT2D eigenvalue weighted by Gasteiger charge is -2.21. The summed E-state index contributed by atoms with van der Waals surface area (Å²) >= 11 is 0. The van der Waals surface area contributed by atoms with Gasteiger partial charge in [-0.1, -0.05) is 63.2 Å². The van der Waals surface area contributed by atoms with Crippen molar-refractivity contribution in [3.63, 3.8) is 0 Å². The number of nitrogens with one attached hydrogen (secondary N) is 1. The minimum absolute atomic E-state index is 0.0301. The van der Waals surface area contributed by atoms with Crippen LogP contribution in [0.4, 0.5) is 0 Å². The van der Waals surface area contributed by atoms with Crippen molar-refractivity contribution in [2.45, 2.75) is 83.1 Å². The first kappa shape index (κ1) is 21.6. The summed E-state index contributed by atoms with van der Waals surface area (Å²) < 4.78 is 2.24. The molecule has 5 nitrogen and oxygen atoms in total. The van der Waals surface area contributed by atoms with E-state index in [-0.39, 0.29) is 11.8 Å². The maximum absolute atomic E-state index is 12.1. The first-order valence-electron chi connectivity index (χ1n) is 12.4. The summed E-state index contributed by atoms with van der Waals surface area (Å²) in [6, 6.07) is 0.426. The molecule has 4 aliphatic rings. The Labute approximate surface area is 182 Å². The first-order chi connectivity index (χ1) is 14.7. The van der Waals surface area contributed by atoms with E-state index in [1.807, 2.05) is 0 Å². The van der Waals surface area contributed by atoms with Crippen LogP contribution in [-0.4, -0.2) is 40.9 Å². The van der Waals surface area contributed by atoms with Gasteiger partial charge in [0.15, 0.2) is 12.3 Å². The molecule has 6 atom stereocenters. The van der Waals surface area contributed by atoms with Gasteiger partial charge in [0.05, 0.1) is 5.92 Å². The van der Waals surface area contributed by atoms with Crippen LogP contribution in [0, 0.1) is 23.7 Å². The average molecular weight is 414 g/mol. The third-order valence-corrected chi connectivity index (χ3v) is 7.99. The molecule has 166 valence electrons. The SMILES string of the molecule is NC(=O)C1CN2CC1CCCCCC1CCCC1CCC=CCC1CC=CC=[N+]1N2. The summed E-state index contributed by atoms with van der Waals surface area (Å²) in [5, 5.41) is 2.22. The van der Waals surface area contributed by atoms with Gasteiger partial charge in [-0.3, -0.25) is 4.79 Å². The van der Waals surface area contributed by atoms with E-state index in [0.717, 1.165) is 44.2 Å². The second-order valence-electron chi connectivity index (χ2n) is 10.0. The van der Waals surface area contributed by atoms with E-state index in [1.165, 1.54) is 57.8 Å². The fourth-order valence-electron chi connectivity index (χ4n) is 6.23. The molecule has 1 saturated carbocycles. The molecular weight excluding hydrogens is 372 g/mol. The highest BCUT2D eigenvalue weighted by Gasteiger charge is 2.38. The molecule has 0 aromatic heterocycles. The number of hydrazone groups is 1. The summed E-state index contributed by atoms with van der Waals surface area (Å²) in [6.45, 7) is 1.63. The molecular formula is C25H41N4O+. The fourth-order valence-corrected chi connectivity index (χ4v) is 6.23. The van der Waals surface area contributed by atoms with Gasteiger partial charge in [-0.2, -0.15) is 5.01 Å². The second-order valence-corrected chi connectivity index (χ2v) is 10.0. The Morgan fingerprint density at radius 2 is 1.60 bits per heavy atom. The summed E-state index contributed by atoms with van der Waals surface area (Å²) in [5.74, 6) is 2.12. The molecule has 6 unspecified atom stereocenters. The molecule has 1 amide bonds. The molecule has 5 heteroatoms. The number of allylic oxidation sites excluding steroid dienone is 2.